The topological polar surface area (TPSA) is 184 Å². The molecule has 5 aromatic carbocycles. The van der Waals surface area contributed by atoms with Crippen molar-refractivity contribution in [1.29, 1.82) is 0 Å². The summed E-state index contributed by atoms with van der Waals surface area (Å²) in [6.45, 7) is 2.32. The summed E-state index contributed by atoms with van der Waals surface area (Å²) in [5.74, 6) is 3.21. The van der Waals surface area contributed by atoms with Crippen LogP contribution in [0.15, 0.2) is 133 Å². The average Bonchev–Trinajstić information content (AvgIpc) is 3.81. The summed E-state index contributed by atoms with van der Waals surface area (Å²) in [6, 6.07) is 35.4. The predicted molar refractivity (Wildman–Crippen MR) is 258 cm³/mol. The number of nitrogens with zero attached hydrogens (tertiary/aromatic N) is 3. The van der Waals surface area contributed by atoms with E-state index in [1.807, 2.05) is 109 Å². The highest BCUT2D eigenvalue weighted by Gasteiger charge is 2.76. The number of aliphatic hydroxyl groups is 1. The molecule has 0 radical (unpaired) electrons. The Morgan fingerprint density at radius 2 is 1.46 bits per heavy atom. The maximum Gasteiger partial charge on any atom is 0.329 e. The van der Waals surface area contributed by atoms with E-state index in [-0.39, 0.29) is 25.4 Å². The number of rotatable bonds is 10. The third-order valence-corrected chi connectivity index (χ3v) is 13.9. The van der Waals surface area contributed by atoms with E-state index in [1.165, 1.54) is 0 Å². The van der Waals surface area contributed by atoms with Gasteiger partial charge in [0, 0.05) is 18.7 Å². The lowest BCUT2D eigenvalue weighted by molar-refractivity contribution is -0.179. The van der Waals surface area contributed by atoms with E-state index >= 15 is 19.2 Å². The Morgan fingerprint density at radius 3 is 2.14 bits per heavy atom. The number of anilines is 1. The van der Waals surface area contributed by atoms with Crippen LogP contribution in [0.4, 0.5) is 15.3 Å². The third kappa shape index (κ3) is 8.91. The first kappa shape index (κ1) is 46.6. The SMILES string of the molecule is CC(NC(=O)N1C(=O)C2(c3cc(C#CCNC(N)=O)ccc31)C(C(=O)N1CCCCCCC1)C1C(=O)OC(c3ccccc3)C(c3ccccc3)N1C2c1cccc(OCCO)c1)c1ccccc1. The number of cyclic esters (lactones) is 1. The van der Waals surface area contributed by atoms with E-state index < -0.39 is 71.5 Å². The zero-order chi connectivity index (χ0) is 48.1. The van der Waals surface area contributed by atoms with Crippen molar-refractivity contribution in [3.05, 3.63) is 167 Å². The Kier molecular flexibility index (Phi) is 13.8. The number of urea groups is 2. The van der Waals surface area contributed by atoms with Crippen molar-refractivity contribution in [2.45, 2.75) is 74.7 Å². The first-order valence-electron chi connectivity index (χ1n) is 23.7. The van der Waals surface area contributed by atoms with Gasteiger partial charge >= 0.3 is 18.0 Å². The molecule has 0 aromatic heterocycles. The lowest BCUT2D eigenvalue weighted by Gasteiger charge is -2.46. The first-order chi connectivity index (χ1) is 33.6. The van der Waals surface area contributed by atoms with Crippen molar-refractivity contribution in [2.75, 3.05) is 37.7 Å². The highest BCUT2D eigenvalue weighted by Crippen LogP contribution is 2.66. The second kappa shape index (κ2) is 20.4. The molecule has 9 rings (SSSR count). The average molecular weight is 929 g/mol. The lowest BCUT2D eigenvalue weighted by atomic mass is 9.64. The zero-order valence-corrected chi connectivity index (χ0v) is 38.5. The number of morpholine rings is 1. The van der Waals surface area contributed by atoms with Crippen LogP contribution in [0.5, 0.6) is 5.75 Å². The highest BCUT2D eigenvalue weighted by molar-refractivity contribution is 6.24. The predicted octanol–water partition coefficient (Wildman–Crippen LogP) is 7.01. The zero-order valence-electron chi connectivity index (χ0n) is 38.5. The van der Waals surface area contributed by atoms with Gasteiger partial charge in [0.1, 0.15) is 29.9 Å². The maximum atomic E-state index is 16.8. The van der Waals surface area contributed by atoms with Gasteiger partial charge in [0.2, 0.25) is 11.8 Å². The fourth-order valence-corrected chi connectivity index (χ4v) is 10.9. The fourth-order valence-electron chi connectivity index (χ4n) is 10.9. The van der Waals surface area contributed by atoms with Gasteiger partial charge in [-0.2, -0.15) is 0 Å². The summed E-state index contributed by atoms with van der Waals surface area (Å²) in [5, 5.41) is 15.4. The summed E-state index contributed by atoms with van der Waals surface area (Å²) in [5.41, 5.74) is 7.16. The smallest absolute Gasteiger partial charge is 0.329 e. The van der Waals surface area contributed by atoms with E-state index in [9.17, 15) is 9.90 Å². The number of esters is 1. The van der Waals surface area contributed by atoms with E-state index in [1.54, 1.807) is 41.3 Å². The summed E-state index contributed by atoms with van der Waals surface area (Å²) >= 11 is 0. The number of imide groups is 1. The monoisotopic (exact) mass is 928 g/mol. The number of fused-ring (bicyclic) bond motifs is 3. The van der Waals surface area contributed by atoms with Crippen molar-refractivity contribution in [2.24, 2.45) is 11.7 Å². The van der Waals surface area contributed by atoms with Crippen molar-refractivity contribution >= 4 is 35.5 Å². The Morgan fingerprint density at radius 1 is 0.812 bits per heavy atom. The van der Waals surface area contributed by atoms with Gasteiger partial charge in [-0.25, -0.2) is 14.5 Å². The van der Waals surface area contributed by atoms with Crippen LogP contribution in [0.1, 0.15) is 96.6 Å². The molecule has 7 atom stereocenters. The number of primary amides is 1. The summed E-state index contributed by atoms with van der Waals surface area (Å²) in [4.78, 5) is 80.3. The number of ether oxygens (including phenoxy) is 2. The molecule has 69 heavy (non-hydrogen) atoms. The molecular formula is C55H56N6O8. The second-order valence-corrected chi connectivity index (χ2v) is 18.0. The molecule has 5 aromatic rings. The number of nitrogens with two attached hydrogens (primary N) is 1. The summed E-state index contributed by atoms with van der Waals surface area (Å²) in [6.07, 6.45) is 3.42. The van der Waals surface area contributed by atoms with E-state index in [2.05, 4.69) is 22.5 Å². The van der Waals surface area contributed by atoms with Crippen LogP contribution in [-0.4, -0.2) is 83.6 Å². The number of likely N-dealkylation sites (tertiary alicyclic amines) is 1. The first-order valence-corrected chi connectivity index (χ1v) is 23.7. The molecule has 3 fully saturated rings. The Balaban J connectivity index is 1.35. The van der Waals surface area contributed by atoms with Crippen LogP contribution in [-0.2, 0) is 24.5 Å². The molecule has 7 unspecified atom stereocenters. The number of nitrogens with one attached hydrogen (secondary N) is 2. The molecule has 3 saturated heterocycles. The van der Waals surface area contributed by atoms with E-state index in [0.717, 1.165) is 48.1 Å². The molecule has 0 saturated carbocycles. The summed E-state index contributed by atoms with van der Waals surface area (Å²) in [7, 11) is 0. The van der Waals surface area contributed by atoms with E-state index in [0.29, 0.717) is 41.1 Å². The van der Waals surface area contributed by atoms with Crippen LogP contribution < -0.4 is 26.0 Å². The highest BCUT2D eigenvalue weighted by atomic mass is 16.6. The van der Waals surface area contributed by atoms with Crippen LogP contribution in [0.3, 0.4) is 0 Å². The number of benzene rings is 5. The van der Waals surface area contributed by atoms with Crippen LogP contribution >= 0.6 is 0 Å². The molecule has 14 heteroatoms. The van der Waals surface area contributed by atoms with E-state index in [4.69, 9.17) is 15.2 Å². The molecule has 4 aliphatic rings. The van der Waals surface area contributed by atoms with Gasteiger partial charge in [0.05, 0.1) is 42.9 Å². The van der Waals surface area contributed by atoms with Gasteiger partial charge in [-0.1, -0.05) is 134 Å². The fraction of sp³-hybridized carbons (Fsp3) is 0.327. The minimum Gasteiger partial charge on any atom is -0.491 e. The lowest BCUT2D eigenvalue weighted by Crippen LogP contribution is -2.57. The molecule has 0 bridgehead atoms. The molecule has 6 amide bonds. The van der Waals surface area contributed by atoms with Gasteiger partial charge in [-0.05, 0) is 77.9 Å². The number of carbonyl (C=O) groups excluding carboxylic acids is 5. The van der Waals surface area contributed by atoms with Gasteiger partial charge in [0.25, 0.3) is 0 Å². The molecule has 1 spiro atoms. The van der Waals surface area contributed by atoms with Crippen molar-refractivity contribution in [1.82, 2.24) is 20.4 Å². The minimum atomic E-state index is -2.00. The number of hydrogen-bond acceptors (Lipinski definition) is 9. The number of amides is 6. The molecule has 5 N–H and O–H groups in total. The number of hydrogen-bond donors (Lipinski definition) is 4. The van der Waals surface area contributed by atoms with Crippen molar-refractivity contribution < 1.29 is 38.6 Å². The Hall–Kier alpha value is -7.47. The molecule has 4 aliphatic heterocycles. The molecular weight excluding hydrogens is 873 g/mol. The normalized spacial score (nSPS) is 23.6. The van der Waals surface area contributed by atoms with Crippen molar-refractivity contribution in [3.63, 3.8) is 0 Å². The molecule has 0 aliphatic carbocycles. The van der Waals surface area contributed by atoms with Crippen LogP contribution in [0.2, 0.25) is 0 Å². The minimum absolute atomic E-state index is 0.0152. The van der Waals surface area contributed by atoms with Gasteiger partial charge in [0.15, 0.2) is 0 Å². The second-order valence-electron chi connectivity index (χ2n) is 18.0. The Labute approximate surface area is 401 Å². The van der Waals surface area contributed by atoms with Gasteiger partial charge in [-0.3, -0.25) is 19.3 Å². The molecule has 354 valence electrons. The Bertz CT molecular complexity index is 2760. The maximum absolute atomic E-state index is 16.8. The van der Waals surface area contributed by atoms with Gasteiger partial charge < -0.3 is 35.8 Å². The largest absolute Gasteiger partial charge is 0.491 e. The molecule has 14 nitrogen and oxygen atoms in total. The van der Waals surface area contributed by atoms with Gasteiger partial charge in [-0.15, -0.1) is 0 Å². The number of carbonyl (C=O) groups is 5. The standard InChI is InChI=1S/C55H56N6O8/c1-36(38-19-8-5-9-20-38)58-54(67)60-44-28-27-37(18-17-29-57-53(56)66)34-43(44)55(52(60)65)45(50(63)59-30-14-3-2-4-15-31-59)47-51(64)69-48(40-23-12-7-13-24-40)46(39-21-10-6-11-22-39)61(47)49(55)41-25-16-26-42(35-41)68-33-32-62/h5-13,16,19-28,34-36,45-49,62H,2-4,14-15,29-33H2,1H3,(H,58,67)(H3,56,57,66). The van der Waals surface area contributed by atoms with Crippen LogP contribution in [0, 0.1) is 17.8 Å². The summed E-state index contributed by atoms with van der Waals surface area (Å²) < 4.78 is 12.7. The van der Waals surface area contributed by atoms with Crippen molar-refractivity contribution in [3.8, 4) is 17.6 Å². The van der Waals surface area contributed by atoms with Crippen LogP contribution in [0.25, 0.3) is 0 Å². The third-order valence-electron chi connectivity index (χ3n) is 13.9. The number of aliphatic hydroxyl groups excluding tert-OH is 1. The quantitative estimate of drug-likeness (QED) is 0.0846. The molecule has 4 heterocycles.